The molecule has 12 nitrogen and oxygen atoms in total. The Balaban J connectivity index is 1.39. The highest BCUT2D eigenvalue weighted by atomic mass is 16.6. The van der Waals surface area contributed by atoms with E-state index in [0.717, 1.165) is 19.3 Å². The molecule has 2 bridgehead atoms. The Morgan fingerprint density at radius 2 is 1.68 bits per heavy atom. The van der Waals surface area contributed by atoms with Gasteiger partial charge in [-0.1, -0.05) is 13.3 Å². The quantitative estimate of drug-likeness (QED) is 0.340. The smallest absolute Gasteiger partial charge is 0.410 e. The molecule has 4 fully saturated rings. The Kier molecular flexibility index (Phi) is 9.41. The van der Waals surface area contributed by atoms with Crippen LogP contribution >= 0.6 is 0 Å². The van der Waals surface area contributed by atoms with Gasteiger partial charge in [-0.05, 0) is 90.5 Å². The Morgan fingerprint density at radius 3 is 2.23 bits per heavy atom. The molecule has 2 heterocycles. The van der Waals surface area contributed by atoms with Gasteiger partial charge < -0.3 is 30.0 Å². The average molecular weight is 653 g/mol. The summed E-state index contributed by atoms with van der Waals surface area (Å²) >= 11 is 0. The third-order valence-electron chi connectivity index (χ3n) is 10.7. The van der Waals surface area contributed by atoms with E-state index < -0.39 is 53.0 Å². The first-order valence-corrected chi connectivity index (χ1v) is 16.7. The normalized spacial score (nSPS) is 29.2. The first-order valence-electron chi connectivity index (χ1n) is 16.7. The number of nitriles is 1. The SMILES string of the molecule is COc1cc(C#N)c(OC2CCC(C)(C(=O)O)CC2)cc1C(=O)NC1C(C(=O)NCC2(C)CCC2)C2CCC1N2C(=O)OC(C)(C)C. The lowest BCUT2D eigenvalue weighted by Gasteiger charge is -2.39. The van der Waals surface area contributed by atoms with Crippen LogP contribution in [-0.2, 0) is 14.3 Å². The van der Waals surface area contributed by atoms with Gasteiger partial charge in [-0.2, -0.15) is 5.26 Å². The van der Waals surface area contributed by atoms with E-state index in [2.05, 4.69) is 23.6 Å². The molecule has 47 heavy (non-hydrogen) atoms. The Hall–Kier alpha value is -4.01. The highest BCUT2D eigenvalue weighted by molar-refractivity contribution is 5.98. The maximum absolute atomic E-state index is 14.0. The summed E-state index contributed by atoms with van der Waals surface area (Å²) in [6.07, 6.45) is 5.43. The summed E-state index contributed by atoms with van der Waals surface area (Å²) in [5.74, 6) is -1.88. The highest BCUT2D eigenvalue weighted by Gasteiger charge is 2.59. The number of ether oxygens (including phenoxy) is 3. The molecular weight excluding hydrogens is 604 g/mol. The summed E-state index contributed by atoms with van der Waals surface area (Å²) < 4.78 is 17.5. The third-order valence-corrected chi connectivity index (χ3v) is 10.7. The molecule has 4 atom stereocenters. The summed E-state index contributed by atoms with van der Waals surface area (Å²) in [6.45, 7) is 9.78. The summed E-state index contributed by atoms with van der Waals surface area (Å²) in [6, 6.07) is 3.48. The van der Waals surface area contributed by atoms with Gasteiger partial charge in [0.1, 0.15) is 23.2 Å². The van der Waals surface area contributed by atoms with Crippen LogP contribution in [0.2, 0.25) is 0 Å². The van der Waals surface area contributed by atoms with E-state index in [-0.39, 0.29) is 40.1 Å². The fraction of sp³-hybridized carbons (Fsp3) is 0.686. The molecule has 4 unspecified atom stereocenters. The van der Waals surface area contributed by atoms with Crippen LogP contribution in [0, 0.1) is 28.1 Å². The van der Waals surface area contributed by atoms with Gasteiger partial charge in [0.2, 0.25) is 5.91 Å². The van der Waals surface area contributed by atoms with Gasteiger partial charge in [-0.3, -0.25) is 19.3 Å². The second-order valence-corrected chi connectivity index (χ2v) is 15.4. The van der Waals surface area contributed by atoms with Crippen LogP contribution < -0.4 is 20.1 Å². The molecule has 2 saturated heterocycles. The summed E-state index contributed by atoms with van der Waals surface area (Å²) in [5, 5.41) is 25.7. The van der Waals surface area contributed by atoms with E-state index in [4.69, 9.17) is 14.2 Å². The molecule has 12 heteroatoms. The molecule has 4 aliphatic rings. The first kappa shape index (κ1) is 34.3. The third kappa shape index (κ3) is 6.99. The van der Waals surface area contributed by atoms with E-state index in [0.29, 0.717) is 45.1 Å². The topological polar surface area (TPSA) is 167 Å². The molecular formula is C35H48N4O8. The number of carbonyl (C=O) groups is 4. The van der Waals surface area contributed by atoms with Crippen LogP contribution in [0.15, 0.2) is 12.1 Å². The molecule has 3 amide bonds. The predicted molar refractivity (Wildman–Crippen MR) is 171 cm³/mol. The second kappa shape index (κ2) is 12.9. The van der Waals surface area contributed by atoms with Crippen molar-refractivity contribution in [2.75, 3.05) is 13.7 Å². The van der Waals surface area contributed by atoms with Gasteiger partial charge in [0.05, 0.1) is 47.8 Å². The van der Waals surface area contributed by atoms with Gasteiger partial charge in [0.15, 0.2) is 0 Å². The number of rotatable bonds is 9. The van der Waals surface area contributed by atoms with E-state index in [9.17, 15) is 29.5 Å². The molecule has 256 valence electrons. The minimum Gasteiger partial charge on any atom is -0.496 e. The van der Waals surface area contributed by atoms with Crippen LogP contribution in [0.5, 0.6) is 11.5 Å². The van der Waals surface area contributed by atoms with Crippen molar-refractivity contribution in [3.63, 3.8) is 0 Å². The van der Waals surface area contributed by atoms with Crippen molar-refractivity contribution in [3.05, 3.63) is 23.3 Å². The van der Waals surface area contributed by atoms with Crippen molar-refractivity contribution in [1.29, 1.82) is 5.26 Å². The monoisotopic (exact) mass is 652 g/mol. The molecule has 3 N–H and O–H groups in total. The van der Waals surface area contributed by atoms with E-state index in [1.165, 1.54) is 19.2 Å². The number of benzene rings is 1. The van der Waals surface area contributed by atoms with Gasteiger partial charge >= 0.3 is 12.1 Å². The van der Waals surface area contributed by atoms with Crippen molar-refractivity contribution in [3.8, 4) is 17.6 Å². The number of carbonyl (C=O) groups excluding carboxylic acids is 3. The zero-order valence-corrected chi connectivity index (χ0v) is 28.3. The van der Waals surface area contributed by atoms with Crippen molar-refractivity contribution in [1.82, 2.24) is 15.5 Å². The second-order valence-electron chi connectivity index (χ2n) is 15.4. The Bertz CT molecular complexity index is 1450. The minimum atomic E-state index is -0.841. The van der Waals surface area contributed by atoms with E-state index in [1.54, 1.807) is 32.6 Å². The maximum atomic E-state index is 14.0. The molecule has 0 aromatic heterocycles. The van der Waals surface area contributed by atoms with Crippen LogP contribution in [0.25, 0.3) is 0 Å². The molecule has 2 aliphatic heterocycles. The molecule has 0 radical (unpaired) electrons. The molecule has 1 aromatic rings. The van der Waals surface area contributed by atoms with Crippen molar-refractivity contribution < 1.29 is 38.5 Å². The number of methoxy groups -OCH3 is 1. The fourth-order valence-electron chi connectivity index (χ4n) is 7.59. The lowest BCUT2D eigenvalue weighted by atomic mass is 9.70. The zero-order valence-electron chi connectivity index (χ0n) is 28.3. The number of hydrogen-bond donors (Lipinski definition) is 3. The predicted octanol–water partition coefficient (Wildman–Crippen LogP) is 4.78. The van der Waals surface area contributed by atoms with Crippen LogP contribution in [0.1, 0.15) is 108 Å². The largest absolute Gasteiger partial charge is 0.496 e. The van der Waals surface area contributed by atoms with Gasteiger partial charge in [-0.25, -0.2) is 4.79 Å². The van der Waals surface area contributed by atoms with Crippen LogP contribution in [0.3, 0.4) is 0 Å². The van der Waals surface area contributed by atoms with Crippen LogP contribution in [-0.4, -0.2) is 77.4 Å². The summed E-state index contributed by atoms with van der Waals surface area (Å²) in [5.41, 5.74) is -1.20. The van der Waals surface area contributed by atoms with Crippen molar-refractivity contribution in [2.45, 2.75) is 122 Å². The number of aliphatic carboxylic acids is 1. The lowest BCUT2D eigenvalue weighted by Crippen LogP contribution is -2.53. The highest BCUT2D eigenvalue weighted by Crippen LogP contribution is 2.45. The van der Waals surface area contributed by atoms with Gasteiger partial charge in [0, 0.05) is 18.7 Å². The molecule has 0 spiro atoms. The van der Waals surface area contributed by atoms with Crippen LogP contribution in [0.4, 0.5) is 4.79 Å². The summed E-state index contributed by atoms with van der Waals surface area (Å²) in [7, 11) is 1.40. The molecule has 5 rings (SSSR count). The first-order chi connectivity index (χ1) is 22.1. The Morgan fingerprint density at radius 1 is 1.02 bits per heavy atom. The van der Waals surface area contributed by atoms with Gasteiger partial charge in [0.25, 0.3) is 5.91 Å². The minimum absolute atomic E-state index is 0.0493. The zero-order chi connectivity index (χ0) is 34.3. The number of carboxylic acid groups (broad SMARTS) is 1. The molecule has 1 aromatic carbocycles. The average Bonchev–Trinajstić information content (AvgIpc) is 3.56. The van der Waals surface area contributed by atoms with Crippen molar-refractivity contribution in [2.24, 2.45) is 16.7 Å². The lowest BCUT2D eigenvalue weighted by molar-refractivity contribution is -0.150. The Labute approximate surface area is 276 Å². The summed E-state index contributed by atoms with van der Waals surface area (Å²) in [4.78, 5) is 54.6. The number of fused-ring (bicyclic) bond motifs is 2. The number of amides is 3. The number of hydrogen-bond acceptors (Lipinski definition) is 8. The van der Waals surface area contributed by atoms with Gasteiger partial charge in [-0.15, -0.1) is 0 Å². The number of nitrogens with one attached hydrogen (secondary N) is 2. The number of carboxylic acids is 1. The van der Waals surface area contributed by atoms with E-state index in [1.807, 2.05) is 0 Å². The van der Waals surface area contributed by atoms with E-state index >= 15 is 0 Å². The maximum Gasteiger partial charge on any atom is 0.410 e. The molecule has 2 aliphatic carbocycles. The molecule has 2 saturated carbocycles. The van der Waals surface area contributed by atoms with Crippen molar-refractivity contribution >= 4 is 23.9 Å². The fourth-order valence-corrected chi connectivity index (χ4v) is 7.59. The standard InChI is InChI=1S/C35H48N4O8/c1-33(2,3)47-32(44)39-23-8-9-24(39)28(27(23)30(41)37-19-34(4)12-7-13-34)38-29(40)22-17-25(20(18-36)16-26(22)45-6)46-21-10-14-35(5,15-11-21)31(42)43/h16-17,21,23-24,27-28H,7-15,19H2,1-6H3,(H,37,41)(H,38,40)(H,42,43). The number of nitrogens with zero attached hydrogens (tertiary/aromatic N) is 2.